The lowest BCUT2D eigenvalue weighted by atomic mass is 9.98. The lowest BCUT2D eigenvalue weighted by Gasteiger charge is -2.36. The monoisotopic (exact) mass is 367 g/mol. The fraction of sp³-hybridized carbons (Fsp3) is 0.688. The van der Waals surface area contributed by atoms with Gasteiger partial charge in [0.05, 0.1) is 17.3 Å². The minimum Gasteiger partial charge on any atom is -0.349 e. The predicted molar refractivity (Wildman–Crippen MR) is 93.2 cm³/mol. The summed E-state index contributed by atoms with van der Waals surface area (Å²) in [7, 11) is -0.547. The van der Waals surface area contributed by atoms with Crippen LogP contribution in [0.3, 0.4) is 0 Å². The van der Waals surface area contributed by atoms with Gasteiger partial charge in [0.2, 0.25) is 0 Å². The molecular weight excluding hydrogens is 342 g/mol. The molecule has 1 aliphatic heterocycles. The number of carbonyl (C=O) groups is 1. The Morgan fingerprint density at radius 3 is 2.64 bits per heavy atom. The zero-order chi connectivity index (χ0) is 18.2. The van der Waals surface area contributed by atoms with Crippen LogP contribution in [0.25, 0.3) is 0 Å². The van der Waals surface area contributed by atoms with E-state index >= 15 is 0 Å². The van der Waals surface area contributed by atoms with Gasteiger partial charge < -0.3 is 5.32 Å². The molecule has 0 radical (unpaired) electrons. The highest BCUT2D eigenvalue weighted by atomic mass is 32.2. The average molecular weight is 367 g/mol. The van der Waals surface area contributed by atoms with Crippen molar-refractivity contribution in [1.82, 2.24) is 23.9 Å². The average Bonchev–Trinajstić information content (AvgIpc) is 3.38. The van der Waals surface area contributed by atoms with E-state index in [1.807, 2.05) is 0 Å². The Hall–Kier alpha value is -1.58. The third kappa shape index (κ3) is 3.83. The van der Waals surface area contributed by atoms with E-state index < -0.39 is 16.3 Å². The van der Waals surface area contributed by atoms with Crippen LogP contribution >= 0.6 is 0 Å². The fourth-order valence-corrected chi connectivity index (χ4v) is 4.38. The van der Waals surface area contributed by atoms with Crippen molar-refractivity contribution in [1.29, 1.82) is 0 Å². The summed E-state index contributed by atoms with van der Waals surface area (Å²) < 4.78 is 28.1. The van der Waals surface area contributed by atoms with Gasteiger partial charge >= 0.3 is 0 Å². The summed E-state index contributed by atoms with van der Waals surface area (Å²) in [4.78, 5) is 21.2. The molecule has 1 amide bonds. The van der Waals surface area contributed by atoms with E-state index in [4.69, 9.17) is 0 Å². The normalized spacial score (nSPS) is 22.2. The largest absolute Gasteiger partial charge is 0.349 e. The van der Waals surface area contributed by atoms with Crippen LogP contribution < -0.4 is 5.32 Å². The minimum absolute atomic E-state index is 0.217. The van der Waals surface area contributed by atoms with E-state index in [-0.39, 0.29) is 11.9 Å². The molecule has 3 rings (SSSR count). The Bertz CT molecular complexity index is 761. The first kappa shape index (κ1) is 18.2. The maximum atomic E-state index is 12.7. The highest BCUT2D eigenvalue weighted by molar-refractivity contribution is 7.86. The summed E-state index contributed by atoms with van der Waals surface area (Å²) in [6.07, 6.45) is 5.84. The lowest BCUT2D eigenvalue weighted by molar-refractivity contribution is 0.0946. The smallest absolute Gasteiger partial charge is 0.282 e. The van der Waals surface area contributed by atoms with Gasteiger partial charge in [-0.1, -0.05) is 6.42 Å². The molecule has 1 aliphatic carbocycles. The number of aromatic nitrogens is 2. The van der Waals surface area contributed by atoms with E-state index in [0.29, 0.717) is 30.0 Å². The van der Waals surface area contributed by atoms with Crippen LogP contribution in [0.4, 0.5) is 0 Å². The molecular formula is C16H25N5O3S. The Balaban J connectivity index is 2.00. The number of nitrogens with zero attached hydrogens (tertiary/aromatic N) is 4. The Morgan fingerprint density at radius 2 is 2.00 bits per heavy atom. The number of carbonyl (C=O) groups excluding carboxylic acids is 1. The first-order valence-electron chi connectivity index (χ1n) is 8.64. The molecule has 0 aromatic carbocycles. The van der Waals surface area contributed by atoms with Gasteiger partial charge in [-0.15, -0.1) is 0 Å². The Labute approximate surface area is 148 Å². The van der Waals surface area contributed by atoms with Crippen LogP contribution in [0, 0.1) is 6.92 Å². The van der Waals surface area contributed by atoms with Crippen molar-refractivity contribution < 1.29 is 13.2 Å². The molecule has 1 N–H and O–H groups in total. The minimum atomic E-state index is -3.59. The number of aryl methyl sites for hydroxylation is 1. The SMILES string of the molecule is Cc1ncc(C(=O)NC2CC2)c([C@H]2CCCCN2S(=O)(=O)N(C)C)n1. The van der Waals surface area contributed by atoms with E-state index in [1.54, 1.807) is 6.92 Å². The maximum Gasteiger partial charge on any atom is 0.282 e. The van der Waals surface area contributed by atoms with E-state index in [1.165, 1.54) is 28.9 Å². The van der Waals surface area contributed by atoms with Gasteiger partial charge in [0.15, 0.2) is 0 Å². The van der Waals surface area contributed by atoms with Crippen molar-refractivity contribution in [3.05, 3.63) is 23.3 Å². The summed E-state index contributed by atoms with van der Waals surface area (Å²) in [5, 5.41) is 2.95. The summed E-state index contributed by atoms with van der Waals surface area (Å²) in [5.41, 5.74) is 0.888. The molecule has 1 saturated carbocycles. The molecule has 1 saturated heterocycles. The third-order valence-electron chi connectivity index (χ3n) is 4.62. The van der Waals surface area contributed by atoms with Crippen LogP contribution in [0.5, 0.6) is 0 Å². The zero-order valence-electron chi connectivity index (χ0n) is 14.9. The van der Waals surface area contributed by atoms with Crippen molar-refractivity contribution in [3.8, 4) is 0 Å². The summed E-state index contributed by atoms with van der Waals surface area (Å²) in [6.45, 7) is 2.18. The van der Waals surface area contributed by atoms with E-state index in [2.05, 4.69) is 15.3 Å². The first-order chi connectivity index (χ1) is 11.8. The number of amides is 1. The standard InChI is InChI=1S/C16H25N5O3S/c1-11-17-10-13(16(22)19-12-7-8-12)15(18-11)14-6-4-5-9-21(14)25(23,24)20(2)3/h10,12,14H,4-9H2,1-3H3,(H,19,22)/t14-/m1/s1. The van der Waals surface area contributed by atoms with Crippen LogP contribution in [-0.2, 0) is 10.2 Å². The van der Waals surface area contributed by atoms with Gasteiger partial charge in [0, 0.05) is 32.9 Å². The van der Waals surface area contributed by atoms with Gasteiger partial charge in [-0.05, 0) is 32.6 Å². The summed E-state index contributed by atoms with van der Waals surface area (Å²) in [5.74, 6) is 0.316. The molecule has 138 valence electrons. The Morgan fingerprint density at radius 1 is 1.28 bits per heavy atom. The predicted octanol–water partition coefficient (Wildman–Crippen LogP) is 1.01. The molecule has 0 spiro atoms. The van der Waals surface area contributed by atoms with Crippen LogP contribution in [0.15, 0.2) is 6.20 Å². The van der Waals surface area contributed by atoms with Crippen molar-refractivity contribution in [2.45, 2.75) is 51.1 Å². The summed E-state index contributed by atoms with van der Waals surface area (Å²) >= 11 is 0. The quantitative estimate of drug-likeness (QED) is 0.838. The van der Waals surface area contributed by atoms with Gasteiger partial charge in [-0.25, -0.2) is 9.97 Å². The molecule has 1 atom stereocenters. The van der Waals surface area contributed by atoms with E-state index in [0.717, 1.165) is 25.7 Å². The highest BCUT2D eigenvalue weighted by Crippen LogP contribution is 2.34. The maximum absolute atomic E-state index is 12.7. The molecule has 1 aromatic heterocycles. The number of hydrogen-bond donors (Lipinski definition) is 1. The third-order valence-corrected chi connectivity index (χ3v) is 6.58. The molecule has 2 heterocycles. The second-order valence-electron chi connectivity index (χ2n) is 6.88. The number of rotatable bonds is 5. The molecule has 2 fully saturated rings. The van der Waals surface area contributed by atoms with Crippen molar-refractivity contribution in [3.63, 3.8) is 0 Å². The number of piperidine rings is 1. The molecule has 0 unspecified atom stereocenters. The van der Waals surface area contributed by atoms with Gasteiger partial charge in [-0.2, -0.15) is 17.0 Å². The molecule has 1 aromatic rings. The molecule has 8 nitrogen and oxygen atoms in total. The molecule has 2 aliphatic rings. The fourth-order valence-electron chi connectivity index (χ4n) is 3.07. The number of hydrogen-bond acceptors (Lipinski definition) is 5. The van der Waals surface area contributed by atoms with Gasteiger partial charge in [0.25, 0.3) is 16.1 Å². The van der Waals surface area contributed by atoms with Crippen molar-refractivity contribution in [2.75, 3.05) is 20.6 Å². The number of nitrogens with one attached hydrogen (secondary N) is 1. The zero-order valence-corrected chi connectivity index (χ0v) is 15.7. The highest BCUT2D eigenvalue weighted by Gasteiger charge is 2.38. The molecule has 25 heavy (non-hydrogen) atoms. The molecule has 9 heteroatoms. The Kier molecular flexibility index (Phi) is 5.08. The van der Waals surface area contributed by atoms with Crippen molar-refractivity contribution in [2.24, 2.45) is 0 Å². The lowest BCUT2D eigenvalue weighted by Crippen LogP contribution is -2.45. The van der Waals surface area contributed by atoms with Crippen LogP contribution in [-0.4, -0.2) is 59.6 Å². The van der Waals surface area contributed by atoms with E-state index in [9.17, 15) is 13.2 Å². The summed E-state index contributed by atoms with van der Waals surface area (Å²) in [6, 6.07) is -0.225. The second kappa shape index (κ2) is 6.97. The first-order valence-corrected chi connectivity index (χ1v) is 10.0. The second-order valence-corrected chi connectivity index (χ2v) is 8.97. The van der Waals surface area contributed by atoms with Gasteiger partial charge in [-0.3, -0.25) is 4.79 Å². The van der Waals surface area contributed by atoms with Gasteiger partial charge in [0.1, 0.15) is 5.82 Å². The van der Waals surface area contributed by atoms with Crippen molar-refractivity contribution >= 4 is 16.1 Å². The topological polar surface area (TPSA) is 95.5 Å². The van der Waals surface area contributed by atoms with Crippen LogP contribution in [0.2, 0.25) is 0 Å². The van der Waals surface area contributed by atoms with Crippen LogP contribution in [0.1, 0.15) is 60.0 Å². The molecule has 0 bridgehead atoms.